The molecule has 0 fully saturated rings. The molecular formula is C18H18ClN3O4. The fourth-order valence-electron chi connectivity index (χ4n) is 2.16. The first-order valence-corrected chi connectivity index (χ1v) is 8.06. The van der Waals surface area contributed by atoms with Crippen LogP contribution < -0.4 is 16.0 Å². The Labute approximate surface area is 155 Å². The maximum atomic E-state index is 12.1. The van der Waals surface area contributed by atoms with Crippen molar-refractivity contribution in [1.29, 1.82) is 0 Å². The van der Waals surface area contributed by atoms with Gasteiger partial charge < -0.3 is 20.7 Å². The lowest BCUT2D eigenvalue weighted by Gasteiger charge is -2.11. The van der Waals surface area contributed by atoms with Gasteiger partial charge in [-0.3, -0.25) is 9.59 Å². The summed E-state index contributed by atoms with van der Waals surface area (Å²) >= 11 is 6.07. The molecule has 0 atom stereocenters. The van der Waals surface area contributed by atoms with E-state index in [1.165, 1.54) is 26.2 Å². The van der Waals surface area contributed by atoms with Crippen molar-refractivity contribution in [2.75, 3.05) is 29.6 Å². The van der Waals surface area contributed by atoms with Crippen LogP contribution in [0.5, 0.6) is 0 Å². The van der Waals surface area contributed by atoms with Crippen molar-refractivity contribution in [3.8, 4) is 0 Å². The molecule has 0 unspecified atom stereocenters. The standard InChI is InChI=1S/C18H18ClN3O4/c1-11(23)21-13-4-3-5-14(9-13)22-17(24)10-20-16-8-12(18(25)26-2)6-7-15(16)19/h3-9,20H,10H2,1-2H3,(H,21,23)(H,22,24). The summed E-state index contributed by atoms with van der Waals surface area (Å²) in [6.45, 7) is 1.34. The smallest absolute Gasteiger partial charge is 0.337 e. The SMILES string of the molecule is COC(=O)c1ccc(Cl)c(NCC(=O)Nc2cccc(NC(C)=O)c2)c1. The molecule has 0 radical (unpaired) electrons. The largest absolute Gasteiger partial charge is 0.465 e. The molecular weight excluding hydrogens is 358 g/mol. The normalized spacial score (nSPS) is 9.96. The number of benzene rings is 2. The Bertz CT molecular complexity index is 839. The zero-order valence-electron chi connectivity index (χ0n) is 14.3. The predicted molar refractivity (Wildman–Crippen MR) is 101 cm³/mol. The monoisotopic (exact) mass is 375 g/mol. The molecule has 26 heavy (non-hydrogen) atoms. The van der Waals surface area contributed by atoms with Crippen LogP contribution in [-0.4, -0.2) is 31.4 Å². The van der Waals surface area contributed by atoms with Crippen molar-refractivity contribution in [3.05, 3.63) is 53.1 Å². The molecule has 3 N–H and O–H groups in total. The lowest BCUT2D eigenvalue weighted by Crippen LogP contribution is -2.22. The van der Waals surface area contributed by atoms with Gasteiger partial charge in [0.05, 0.1) is 29.9 Å². The van der Waals surface area contributed by atoms with E-state index in [1.54, 1.807) is 30.3 Å². The summed E-state index contributed by atoms with van der Waals surface area (Å²) in [4.78, 5) is 34.8. The van der Waals surface area contributed by atoms with E-state index in [-0.39, 0.29) is 18.4 Å². The van der Waals surface area contributed by atoms with Crippen LogP contribution in [0.25, 0.3) is 0 Å². The highest BCUT2D eigenvalue weighted by Crippen LogP contribution is 2.23. The molecule has 0 aliphatic carbocycles. The van der Waals surface area contributed by atoms with Crippen molar-refractivity contribution in [3.63, 3.8) is 0 Å². The van der Waals surface area contributed by atoms with E-state index in [2.05, 4.69) is 20.7 Å². The van der Waals surface area contributed by atoms with E-state index in [9.17, 15) is 14.4 Å². The van der Waals surface area contributed by atoms with Gasteiger partial charge in [0.25, 0.3) is 0 Å². The second-order valence-corrected chi connectivity index (χ2v) is 5.76. The molecule has 7 nitrogen and oxygen atoms in total. The van der Waals surface area contributed by atoms with Crippen LogP contribution >= 0.6 is 11.6 Å². The lowest BCUT2D eigenvalue weighted by molar-refractivity contribution is -0.115. The first kappa shape index (κ1) is 19.3. The number of methoxy groups -OCH3 is 1. The third-order valence-corrected chi connectivity index (χ3v) is 3.62. The fourth-order valence-corrected chi connectivity index (χ4v) is 2.35. The predicted octanol–water partition coefficient (Wildman–Crippen LogP) is 3.14. The number of ether oxygens (including phenoxy) is 1. The minimum absolute atomic E-state index is 0.0608. The summed E-state index contributed by atoms with van der Waals surface area (Å²) < 4.78 is 4.66. The second-order valence-electron chi connectivity index (χ2n) is 5.35. The number of amides is 2. The van der Waals surface area contributed by atoms with Gasteiger partial charge in [0.1, 0.15) is 0 Å². The molecule has 0 bridgehead atoms. The molecule has 0 aliphatic rings. The minimum atomic E-state index is -0.496. The summed E-state index contributed by atoms with van der Waals surface area (Å²) in [6, 6.07) is 11.4. The highest BCUT2D eigenvalue weighted by molar-refractivity contribution is 6.33. The zero-order valence-corrected chi connectivity index (χ0v) is 15.0. The Morgan fingerprint density at radius 3 is 2.38 bits per heavy atom. The first-order valence-electron chi connectivity index (χ1n) is 7.68. The van der Waals surface area contributed by atoms with E-state index < -0.39 is 5.97 Å². The van der Waals surface area contributed by atoms with Crippen LogP contribution in [0.4, 0.5) is 17.1 Å². The van der Waals surface area contributed by atoms with Gasteiger partial charge in [-0.05, 0) is 36.4 Å². The molecule has 0 spiro atoms. The van der Waals surface area contributed by atoms with Crippen LogP contribution in [0.2, 0.25) is 5.02 Å². The maximum Gasteiger partial charge on any atom is 0.337 e. The van der Waals surface area contributed by atoms with Crippen LogP contribution in [0, 0.1) is 0 Å². The van der Waals surface area contributed by atoms with Crippen LogP contribution in [0.3, 0.4) is 0 Å². The maximum absolute atomic E-state index is 12.1. The van der Waals surface area contributed by atoms with Crippen LogP contribution in [0.15, 0.2) is 42.5 Å². The van der Waals surface area contributed by atoms with Gasteiger partial charge in [0.15, 0.2) is 0 Å². The number of nitrogens with one attached hydrogen (secondary N) is 3. The summed E-state index contributed by atoms with van der Waals surface area (Å²) in [7, 11) is 1.28. The number of anilines is 3. The van der Waals surface area contributed by atoms with Gasteiger partial charge >= 0.3 is 5.97 Å². The van der Waals surface area contributed by atoms with Crippen molar-refractivity contribution >= 4 is 46.4 Å². The minimum Gasteiger partial charge on any atom is -0.465 e. The molecule has 0 saturated heterocycles. The second kappa shape index (κ2) is 8.87. The average Bonchev–Trinajstić information content (AvgIpc) is 2.60. The third kappa shape index (κ3) is 5.49. The first-order chi connectivity index (χ1) is 12.4. The van der Waals surface area contributed by atoms with Gasteiger partial charge in [0, 0.05) is 18.3 Å². The molecule has 136 valence electrons. The number of esters is 1. The average molecular weight is 376 g/mol. The molecule has 8 heteroatoms. The van der Waals surface area contributed by atoms with E-state index in [0.717, 1.165) is 0 Å². The van der Waals surface area contributed by atoms with Crippen molar-refractivity contribution in [1.82, 2.24) is 0 Å². The lowest BCUT2D eigenvalue weighted by atomic mass is 10.2. The highest BCUT2D eigenvalue weighted by Gasteiger charge is 2.10. The molecule has 2 aromatic rings. The van der Waals surface area contributed by atoms with Crippen LogP contribution in [-0.2, 0) is 14.3 Å². The number of hydrogen-bond donors (Lipinski definition) is 3. The Kier molecular flexibility index (Phi) is 6.57. The fraction of sp³-hybridized carbons (Fsp3) is 0.167. The van der Waals surface area contributed by atoms with Gasteiger partial charge in [-0.15, -0.1) is 0 Å². The van der Waals surface area contributed by atoms with E-state index in [1.807, 2.05) is 0 Å². The van der Waals surface area contributed by atoms with Gasteiger partial charge in [-0.2, -0.15) is 0 Å². The van der Waals surface area contributed by atoms with E-state index in [4.69, 9.17) is 11.6 Å². The molecule has 0 aromatic heterocycles. The topological polar surface area (TPSA) is 96.5 Å². The molecule has 0 heterocycles. The Balaban J connectivity index is 1.99. The van der Waals surface area contributed by atoms with Gasteiger partial charge in [-0.25, -0.2) is 4.79 Å². The van der Waals surface area contributed by atoms with E-state index >= 15 is 0 Å². The third-order valence-electron chi connectivity index (χ3n) is 3.29. The summed E-state index contributed by atoms with van der Waals surface area (Å²) in [5.41, 5.74) is 1.88. The Morgan fingerprint density at radius 2 is 1.73 bits per heavy atom. The number of rotatable bonds is 6. The van der Waals surface area contributed by atoms with Crippen molar-refractivity contribution < 1.29 is 19.1 Å². The van der Waals surface area contributed by atoms with Crippen LogP contribution in [0.1, 0.15) is 17.3 Å². The quantitative estimate of drug-likeness (QED) is 0.674. The molecule has 0 aliphatic heterocycles. The van der Waals surface area contributed by atoms with Gasteiger partial charge in [0.2, 0.25) is 11.8 Å². The molecule has 2 aromatic carbocycles. The number of carbonyl (C=O) groups excluding carboxylic acids is 3. The van der Waals surface area contributed by atoms with E-state index in [0.29, 0.717) is 27.6 Å². The number of halogens is 1. The van der Waals surface area contributed by atoms with Crippen molar-refractivity contribution in [2.24, 2.45) is 0 Å². The highest BCUT2D eigenvalue weighted by atomic mass is 35.5. The molecule has 0 saturated carbocycles. The van der Waals surface area contributed by atoms with Gasteiger partial charge in [-0.1, -0.05) is 17.7 Å². The molecule has 2 amide bonds. The van der Waals surface area contributed by atoms with Crippen molar-refractivity contribution in [2.45, 2.75) is 6.92 Å². The Morgan fingerprint density at radius 1 is 1.04 bits per heavy atom. The molecule has 2 rings (SSSR count). The zero-order chi connectivity index (χ0) is 19.1. The number of carbonyl (C=O) groups is 3. The summed E-state index contributed by atoms with van der Waals surface area (Å²) in [5, 5.41) is 8.60. The number of hydrogen-bond acceptors (Lipinski definition) is 5. The summed E-state index contributed by atoms with van der Waals surface area (Å²) in [5.74, 6) is -1.01. The summed E-state index contributed by atoms with van der Waals surface area (Å²) in [6.07, 6.45) is 0. The Hall–Kier alpha value is -3.06.